The summed E-state index contributed by atoms with van der Waals surface area (Å²) in [7, 11) is 2.08. The van der Waals surface area contributed by atoms with Gasteiger partial charge in [0.1, 0.15) is 0 Å². The van der Waals surface area contributed by atoms with Gasteiger partial charge in [-0.2, -0.15) is 5.10 Å². The van der Waals surface area contributed by atoms with Crippen LogP contribution in [0.1, 0.15) is 6.92 Å². The molecule has 0 spiro atoms. The van der Waals surface area contributed by atoms with Crippen molar-refractivity contribution in [3.05, 3.63) is 17.4 Å². The molecule has 1 unspecified atom stereocenters. The average molecular weight is 271 g/mol. The first-order valence-corrected chi connectivity index (χ1v) is 6.59. The van der Waals surface area contributed by atoms with Crippen LogP contribution < -0.4 is 0 Å². The van der Waals surface area contributed by atoms with Gasteiger partial charge in [-0.25, -0.2) is 0 Å². The third-order valence-corrected chi connectivity index (χ3v) is 3.49. The first-order valence-electron chi connectivity index (χ1n) is 6.21. The molecule has 1 amide bonds. The topological polar surface area (TPSA) is 41.4 Å². The lowest BCUT2D eigenvalue weighted by Crippen LogP contribution is -2.49. The summed E-state index contributed by atoms with van der Waals surface area (Å²) >= 11 is 5.80. The predicted octanol–water partition coefficient (Wildman–Crippen LogP) is 0.947. The summed E-state index contributed by atoms with van der Waals surface area (Å²) in [5.74, 6) is 0.138. The van der Waals surface area contributed by atoms with Crippen LogP contribution in [0, 0.1) is 5.92 Å². The maximum absolute atomic E-state index is 12.2. The van der Waals surface area contributed by atoms with Crippen molar-refractivity contribution in [2.24, 2.45) is 5.92 Å². The van der Waals surface area contributed by atoms with Crippen LogP contribution >= 0.6 is 11.6 Å². The van der Waals surface area contributed by atoms with Gasteiger partial charge in [-0.3, -0.25) is 9.48 Å². The molecule has 5 nitrogen and oxygen atoms in total. The molecule has 1 aromatic heterocycles. The van der Waals surface area contributed by atoms with E-state index in [9.17, 15) is 4.79 Å². The smallest absolute Gasteiger partial charge is 0.227 e. The molecule has 1 aliphatic heterocycles. The van der Waals surface area contributed by atoms with Crippen molar-refractivity contribution in [1.29, 1.82) is 0 Å². The quantitative estimate of drug-likeness (QED) is 0.821. The molecule has 0 saturated carbocycles. The molecule has 0 aliphatic carbocycles. The van der Waals surface area contributed by atoms with Crippen LogP contribution in [0.2, 0.25) is 5.02 Å². The summed E-state index contributed by atoms with van der Waals surface area (Å²) in [5, 5.41) is 4.71. The highest BCUT2D eigenvalue weighted by Gasteiger charge is 2.23. The number of nitrogens with zero attached hydrogens (tertiary/aromatic N) is 4. The summed E-state index contributed by atoms with van der Waals surface area (Å²) in [4.78, 5) is 16.4. The fourth-order valence-electron chi connectivity index (χ4n) is 2.14. The Kier molecular flexibility index (Phi) is 4.24. The molecule has 0 aromatic carbocycles. The van der Waals surface area contributed by atoms with Gasteiger partial charge in [0.05, 0.1) is 23.7 Å². The van der Waals surface area contributed by atoms with Crippen molar-refractivity contribution in [3.63, 3.8) is 0 Å². The first kappa shape index (κ1) is 13.4. The van der Waals surface area contributed by atoms with Crippen LogP contribution in [-0.4, -0.2) is 58.7 Å². The van der Waals surface area contributed by atoms with E-state index in [2.05, 4.69) is 17.0 Å². The summed E-state index contributed by atoms with van der Waals surface area (Å²) < 4.78 is 1.72. The average Bonchev–Trinajstić information content (AvgIpc) is 2.75. The Bertz CT molecular complexity index is 412. The van der Waals surface area contributed by atoms with Crippen molar-refractivity contribution >= 4 is 17.5 Å². The second-order valence-corrected chi connectivity index (χ2v) is 5.35. The van der Waals surface area contributed by atoms with Crippen molar-refractivity contribution < 1.29 is 4.79 Å². The molecule has 100 valence electrons. The molecule has 1 saturated heterocycles. The van der Waals surface area contributed by atoms with Crippen molar-refractivity contribution in [1.82, 2.24) is 19.6 Å². The fourth-order valence-corrected chi connectivity index (χ4v) is 2.29. The molecule has 0 N–H and O–H groups in total. The summed E-state index contributed by atoms with van der Waals surface area (Å²) in [6.45, 7) is 6.06. The SMILES string of the molecule is CC(Cn1cc(Cl)cn1)C(=O)N1CCN(C)CC1. The van der Waals surface area contributed by atoms with E-state index in [1.165, 1.54) is 0 Å². The van der Waals surface area contributed by atoms with Crippen LogP contribution in [0.15, 0.2) is 12.4 Å². The molecule has 1 aromatic rings. The molecular weight excluding hydrogens is 252 g/mol. The monoisotopic (exact) mass is 270 g/mol. The van der Waals surface area contributed by atoms with Gasteiger partial charge in [0.15, 0.2) is 0 Å². The Balaban J connectivity index is 1.88. The standard InChI is InChI=1S/C12H19ClN4O/c1-10(8-17-9-11(13)7-14-17)12(18)16-5-3-15(2)4-6-16/h7,9-10H,3-6,8H2,1-2H3. The third kappa shape index (κ3) is 3.23. The number of rotatable bonds is 3. The first-order chi connectivity index (χ1) is 8.56. The largest absolute Gasteiger partial charge is 0.340 e. The molecule has 6 heteroatoms. The van der Waals surface area contributed by atoms with Crippen molar-refractivity contribution in [2.45, 2.75) is 13.5 Å². The Morgan fingerprint density at radius 3 is 2.67 bits per heavy atom. The Labute approximate surface area is 112 Å². The van der Waals surface area contributed by atoms with Gasteiger partial charge in [-0.1, -0.05) is 18.5 Å². The van der Waals surface area contributed by atoms with Crippen LogP contribution in [0.5, 0.6) is 0 Å². The van der Waals surface area contributed by atoms with E-state index in [0.29, 0.717) is 11.6 Å². The Hall–Kier alpha value is -1.07. The summed E-state index contributed by atoms with van der Waals surface area (Å²) in [5.41, 5.74) is 0. The minimum atomic E-state index is -0.0654. The molecule has 0 radical (unpaired) electrons. The number of aromatic nitrogens is 2. The van der Waals surface area contributed by atoms with E-state index in [0.717, 1.165) is 26.2 Å². The normalized spacial score (nSPS) is 18.9. The summed E-state index contributed by atoms with van der Waals surface area (Å²) in [6.07, 6.45) is 3.34. The molecule has 2 heterocycles. The fraction of sp³-hybridized carbons (Fsp3) is 0.667. The number of piperazine rings is 1. The number of likely N-dealkylation sites (N-methyl/N-ethyl adjacent to an activating group) is 1. The molecule has 2 rings (SSSR count). The highest BCUT2D eigenvalue weighted by Crippen LogP contribution is 2.11. The van der Waals surface area contributed by atoms with Crippen LogP contribution in [0.3, 0.4) is 0 Å². The van der Waals surface area contributed by atoms with E-state index < -0.39 is 0 Å². The van der Waals surface area contributed by atoms with E-state index in [4.69, 9.17) is 11.6 Å². The van der Waals surface area contributed by atoms with E-state index in [1.54, 1.807) is 17.1 Å². The minimum Gasteiger partial charge on any atom is -0.340 e. The van der Waals surface area contributed by atoms with E-state index in [-0.39, 0.29) is 11.8 Å². The lowest BCUT2D eigenvalue weighted by atomic mass is 10.1. The number of hydrogen-bond acceptors (Lipinski definition) is 3. The maximum Gasteiger partial charge on any atom is 0.227 e. The predicted molar refractivity (Wildman–Crippen MR) is 70.5 cm³/mol. The van der Waals surface area contributed by atoms with E-state index >= 15 is 0 Å². The number of carbonyl (C=O) groups excluding carboxylic acids is 1. The molecule has 1 aliphatic rings. The molecule has 18 heavy (non-hydrogen) atoms. The van der Waals surface area contributed by atoms with Crippen molar-refractivity contribution in [2.75, 3.05) is 33.2 Å². The van der Waals surface area contributed by atoms with Crippen LogP contribution in [0.4, 0.5) is 0 Å². The number of amides is 1. The molecular formula is C12H19ClN4O. The lowest BCUT2D eigenvalue weighted by Gasteiger charge is -2.34. The van der Waals surface area contributed by atoms with Crippen molar-refractivity contribution in [3.8, 4) is 0 Å². The van der Waals surface area contributed by atoms with E-state index in [1.807, 2.05) is 11.8 Å². The molecule has 0 bridgehead atoms. The van der Waals surface area contributed by atoms with Crippen LogP contribution in [0.25, 0.3) is 0 Å². The minimum absolute atomic E-state index is 0.0654. The van der Waals surface area contributed by atoms with Crippen LogP contribution in [-0.2, 0) is 11.3 Å². The van der Waals surface area contributed by atoms with Gasteiger partial charge in [0, 0.05) is 32.4 Å². The third-order valence-electron chi connectivity index (χ3n) is 3.30. The summed E-state index contributed by atoms with van der Waals surface area (Å²) in [6, 6.07) is 0. The Morgan fingerprint density at radius 2 is 2.11 bits per heavy atom. The van der Waals surface area contributed by atoms with Gasteiger partial charge >= 0.3 is 0 Å². The number of carbonyl (C=O) groups is 1. The maximum atomic E-state index is 12.2. The highest BCUT2D eigenvalue weighted by molar-refractivity contribution is 6.30. The number of hydrogen-bond donors (Lipinski definition) is 0. The number of halogens is 1. The van der Waals surface area contributed by atoms with Gasteiger partial charge in [0.2, 0.25) is 5.91 Å². The zero-order valence-corrected chi connectivity index (χ0v) is 11.6. The zero-order valence-electron chi connectivity index (χ0n) is 10.8. The second kappa shape index (κ2) is 5.71. The Morgan fingerprint density at radius 1 is 1.44 bits per heavy atom. The highest BCUT2D eigenvalue weighted by atomic mass is 35.5. The second-order valence-electron chi connectivity index (χ2n) is 4.91. The molecule has 1 fully saturated rings. The lowest BCUT2D eigenvalue weighted by molar-refractivity contribution is -0.137. The van der Waals surface area contributed by atoms with Gasteiger partial charge in [-0.05, 0) is 7.05 Å². The molecule has 1 atom stereocenters. The van der Waals surface area contributed by atoms with Gasteiger partial charge in [-0.15, -0.1) is 0 Å². The van der Waals surface area contributed by atoms with Gasteiger partial charge < -0.3 is 9.80 Å². The van der Waals surface area contributed by atoms with Gasteiger partial charge in [0.25, 0.3) is 0 Å². The zero-order chi connectivity index (χ0) is 13.1.